The molecule has 0 radical (unpaired) electrons. The Hall–Kier alpha value is -0.410. The number of hydrogen-bond donors (Lipinski definition) is 1. The molecule has 1 rings (SSSR count). The third-order valence-electron chi connectivity index (χ3n) is 2.64. The van der Waals surface area contributed by atoms with Gasteiger partial charge in [0.2, 0.25) is 0 Å². The molecule has 0 saturated carbocycles. The van der Waals surface area contributed by atoms with E-state index in [4.69, 9.17) is 0 Å². The van der Waals surface area contributed by atoms with E-state index in [-0.39, 0.29) is 11.4 Å². The van der Waals surface area contributed by atoms with Crippen LogP contribution in [0.2, 0.25) is 0 Å². The van der Waals surface area contributed by atoms with Crippen LogP contribution in [0, 0.1) is 5.82 Å². The maximum Gasteiger partial charge on any atom is 0.127 e. The molecule has 1 aromatic rings. The molecule has 3 heteroatoms. The van der Waals surface area contributed by atoms with Crippen LogP contribution in [0.25, 0.3) is 0 Å². The fourth-order valence-corrected chi connectivity index (χ4v) is 2.14. The highest BCUT2D eigenvalue weighted by Gasteiger charge is 2.16. The maximum atomic E-state index is 13.5. The Morgan fingerprint density at radius 2 is 2.06 bits per heavy atom. The lowest BCUT2D eigenvalue weighted by molar-refractivity contribution is 0.354. The molecule has 0 fully saturated rings. The summed E-state index contributed by atoms with van der Waals surface area (Å²) in [6.45, 7) is 7.01. The summed E-state index contributed by atoms with van der Waals surface area (Å²) in [5, 5.41) is 3.38. The molecule has 0 unspecified atom stereocenters. The van der Waals surface area contributed by atoms with E-state index in [1.807, 2.05) is 6.07 Å². The zero-order valence-electron chi connectivity index (χ0n) is 10.1. The van der Waals surface area contributed by atoms with Crippen LogP contribution in [0.15, 0.2) is 22.7 Å². The third kappa shape index (κ3) is 4.22. The average Bonchev–Trinajstić information content (AvgIpc) is 2.19. The summed E-state index contributed by atoms with van der Waals surface area (Å²) in [6, 6.07) is 5.04. The Morgan fingerprint density at radius 1 is 1.38 bits per heavy atom. The number of benzene rings is 1. The van der Waals surface area contributed by atoms with Crippen LogP contribution in [0.1, 0.15) is 39.2 Å². The lowest BCUT2D eigenvalue weighted by Gasteiger charge is -2.26. The minimum absolute atomic E-state index is 0.0590. The zero-order chi connectivity index (χ0) is 12.2. The molecule has 1 nitrogen and oxygen atoms in total. The van der Waals surface area contributed by atoms with E-state index in [2.05, 4.69) is 42.0 Å². The van der Waals surface area contributed by atoms with Crippen LogP contribution in [0.3, 0.4) is 0 Å². The fraction of sp³-hybridized carbons (Fsp3) is 0.538. The quantitative estimate of drug-likeness (QED) is 0.853. The van der Waals surface area contributed by atoms with Gasteiger partial charge in [-0.2, -0.15) is 0 Å². The molecule has 16 heavy (non-hydrogen) atoms. The van der Waals surface area contributed by atoms with Crippen molar-refractivity contribution in [3.63, 3.8) is 0 Å². The molecule has 1 N–H and O–H groups in total. The van der Waals surface area contributed by atoms with Crippen molar-refractivity contribution in [3.8, 4) is 0 Å². The second-order valence-electron chi connectivity index (χ2n) is 4.72. The molecule has 1 aromatic carbocycles. The summed E-state index contributed by atoms with van der Waals surface area (Å²) < 4.78 is 14.4. The van der Waals surface area contributed by atoms with Gasteiger partial charge in [-0.1, -0.05) is 29.3 Å². The lowest BCUT2D eigenvalue weighted by Crippen LogP contribution is -2.38. The Balaban J connectivity index is 2.63. The van der Waals surface area contributed by atoms with Gasteiger partial charge < -0.3 is 5.32 Å². The minimum Gasteiger partial charge on any atom is -0.308 e. The first-order chi connectivity index (χ1) is 7.44. The summed E-state index contributed by atoms with van der Waals surface area (Å²) in [5.74, 6) is -0.150. The number of rotatable bonds is 5. The van der Waals surface area contributed by atoms with Gasteiger partial charge in [0.15, 0.2) is 0 Å². The molecule has 0 bridgehead atoms. The number of hydrogen-bond acceptors (Lipinski definition) is 1. The topological polar surface area (TPSA) is 12.0 Å². The largest absolute Gasteiger partial charge is 0.308 e. The molecule has 0 spiro atoms. The molecule has 0 heterocycles. The van der Waals surface area contributed by atoms with E-state index in [0.717, 1.165) is 17.3 Å². The predicted molar refractivity (Wildman–Crippen MR) is 69.9 cm³/mol. The van der Waals surface area contributed by atoms with Crippen LogP contribution >= 0.6 is 15.9 Å². The first kappa shape index (κ1) is 13.7. The van der Waals surface area contributed by atoms with Gasteiger partial charge in [-0.15, -0.1) is 0 Å². The van der Waals surface area contributed by atoms with Gasteiger partial charge in [0, 0.05) is 22.1 Å². The van der Waals surface area contributed by atoms with E-state index in [0.29, 0.717) is 12.1 Å². The Kier molecular flexibility index (Phi) is 4.93. The SMILES string of the molecule is CCCC(C)(C)NCc1cc(Br)ccc1F. The summed E-state index contributed by atoms with van der Waals surface area (Å²) in [7, 11) is 0. The van der Waals surface area contributed by atoms with Crippen molar-refractivity contribution in [2.24, 2.45) is 0 Å². The van der Waals surface area contributed by atoms with Gasteiger partial charge in [0.05, 0.1) is 0 Å². The van der Waals surface area contributed by atoms with Crippen LogP contribution in [-0.2, 0) is 6.54 Å². The van der Waals surface area contributed by atoms with Crippen molar-refractivity contribution < 1.29 is 4.39 Å². The third-order valence-corrected chi connectivity index (χ3v) is 3.13. The van der Waals surface area contributed by atoms with Gasteiger partial charge >= 0.3 is 0 Å². The molecule has 0 aromatic heterocycles. The van der Waals surface area contributed by atoms with E-state index in [9.17, 15) is 4.39 Å². The molecular formula is C13H19BrFN. The first-order valence-corrected chi connectivity index (χ1v) is 6.43. The van der Waals surface area contributed by atoms with Crippen LogP contribution < -0.4 is 5.32 Å². The van der Waals surface area contributed by atoms with Gasteiger partial charge in [-0.05, 0) is 38.5 Å². The second-order valence-corrected chi connectivity index (χ2v) is 5.64. The van der Waals surface area contributed by atoms with Crippen molar-refractivity contribution >= 4 is 15.9 Å². The lowest BCUT2D eigenvalue weighted by atomic mass is 9.98. The Morgan fingerprint density at radius 3 is 2.69 bits per heavy atom. The van der Waals surface area contributed by atoms with Crippen molar-refractivity contribution in [3.05, 3.63) is 34.1 Å². The Labute approximate surface area is 106 Å². The van der Waals surface area contributed by atoms with E-state index < -0.39 is 0 Å². The Bertz CT molecular complexity index is 350. The van der Waals surface area contributed by atoms with Crippen LogP contribution in [-0.4, -0.2) is 5.54 Å². The maximum absolute atomic E-state index is 13.5. The predicted octanol–water partition coefficient (Wildman–Crippen LogP) is 4.26. The van der Waals surface area contributed by atoms with E-state index >= 15 is 0 Å². The highest BCUT2D eigenvalue weighted by atomic mass is 79.9. The molecule has 0 atom stereocenters. The molecular weight excluding hydrogens is 269 g/mol. The van der Waals surface area contributed by atoms with Crippen LogP contribution in [0.4, 0.5) is 4.39 Å². The summed E-state index contributed by atoms with van der Waals surface area (Å²) in [5.41, 5.74) is 0.766. The summed E-state index contributed by atoms with van der Waals surface area (Å²) >= 11 is 3.35. The van der Waals surface area contributed by atoms with Crippen molar-refractivity contribution in [2.75, 3.05) is 0 Å². The van der Waals surface area contributed by atoms with Crippen LogP contribution in [0.5, 0.6) is 0 Å². The normalized spacial score (nSPS) is 11.8. The second kappa shape index (κ2) is 5.78. The molecule has 0 amide bonds. The fourth-order valence-electron chi connectivity index (χ4n) is 1.73. The highest BCUT2D eigenvalue weighted by Crippen LogP contribution is 2.17. The van der Waals surface area contributed by atoms with Crippen molar-refractivity contribution in [1.29, 1.82) is 0 Å². The van der Waals surface area contributed by atoms with Gasteiger partial charge in [-0.25, -0.2) is 4.39 Å². The summed E-state index contributed by atoms with van der Waals surface area (Å²) in [6.07, 6.45) is 2.21. The van der Waals surface area contributed by atoms with Gasteiger partial charge in [0.1, 0.15) is 5.82 Å². The molecule has 0 saturated heterocycles. The van der Waals surface area contributed by atoms with E-state index in [1.165, 1.54) is 6.07 Å². The standard InChI is InChI=1S/C13H19BrFN/c1-4-7-13(2,3)16-9-10-8-11(14)5-6-12(10)15/h5-6,8,16H,4,7,9H2,1-3H3. The van der Waals surface area contributed by atoms with Crippen molar-refractivity contribution in [1.82, 2.24) is 5.32 Å². The van der Waals surface area contributed by atoms with Gasteiger partial charge in [0.25, 0.3) is 0 Å². The molecule has 0 aliphatic heterocycles. The number of halogens is 2. The highest BCUT2D eigenvalue weighted by molar-refractivity contribution is 9.10. The monoisotopic (exact) mass is 287 g/mol. The van der Waals surface area contributed by atoms with Crippen molar-refractivity contribution in [2.45, 2.75) is 45.7 Å². The molecule has 0 aliphatic carbocycles. The zero-order valence-corrected chi connectivity index (χ0v) is 11.7. The smallest absolute Gasteiger partial charge is 0.127 e. The molecule has 90 valence electrons. The van der Waals surface area contributed by atoms with Gasteiger partial charge in [-0.3, -0.25) is 0 Å². The average molecular weight is 288 g/mol. The minimum atomic E-state index is -0.150. The van der Waals surface area contributed by atoms with E-state index in [1.54, 1.807) is 6.07 Å². The summed E-state index contributed by atoms with van der Waals surface area (Å²) in [4.78, 5) is 0. The number of nitrogens with one attached hydrogen (secondary N) is 1. The first-order valence-electron chi connectivity index (χ1n) is 5.63. The molecule has 0 aliphatic rings.